The van der Waals surface area contributed by atoms with Crippen molar-refractivity contribution < 1.29 is 14.1 Å². The molecule has 2 aromatic heterocycles. The Balaban J connectivity index is 1.22. The van der Waals surface area contributed by atoms with Crippen LogP contribution < -0.4 is 0 Å². The number of amides is 2. The van der Waals surface area contributed by atoms with E-state index < -0.39 is 0 Å². The van der Waals surface area contributed by atoms with Gasteiger partial charge in [-0.2, -0.15) is 4.98 Å². The molecule has 1 aliphatic carbocycles. The number of aromatic nitrogens is 3. The van der Waals surface area contributed by atoms with E-state index >= 15 is 0 Å². The second-order valence-electron chi connectivity index (χ2n) is 8.72. The molecule has 3 aromatic rings. The van der Waals surface area contributed by atoms with Gasteiger partial charge in [0, 0.05) is 44.3 Å². The number of nitrogens with zero attached hydrogens (tertiary/aromatic N) is 5. The topological polar surface area (TPSA) is 92.4 Å². The van der Waals surface area contributed by atoms with Crippen molar-refractivity contribution in [3.05, 3.63) is 53.8 Å². The second kappa shape index (κ2) is 8.68. The van der Waals surface area contributed by atoms with Crippen LogP contribution in [0.1, 0.15) is 60.7 Å². The number of likely N-dealkylation sites (tertiary alicyclic amines) is 1. The Hall–Kier alpha value is -3.29. The highest BCUT2D eigenvalue weighted by Crippen LogP contribution is 2.35. The molecule has 2 aliphatic rings. The van der Waals surface area contributed by atoms with E-state index in [2.05, 4.69) is 15.1 Å². The summed E-state index contributed by atoms with van der Waals surface area (Å²) in [5.74, 6) is 1.67. The summed E-state index contributed by atoms with van der Waals surface area (Å²) in [5.41, 5.74) is 1.25. The van der Waals surface area contributed by atoms with Gasteiger partial charge >= 0.3 is 0 Å². The van der Waals surface area contributed by atoms with E-state index in [0.29, 0.717) is 43.5 Å². The van der Waals surface area contributed by atoms with Crippen LogP contribution in [-0.4, -0.2) is 62.4 Å². The summed E-state index contributed by atoms with van der Waals surface area (Å²) in [7, 11) is 0. The van der Waals surface area contributed by atoms with Crippen molar-refractivity contribution >= 4 is 22.7 Å². The van der Waals surface area contributed by atoms with Gasteiger partial charge in [-0.25, -0.2) is 4.98 Å². The predicted octanol–water partition coefficient (Wildman–Crippen LogP) is 3.19. The molecule has 2 fully saturated rings. The molecular weight excluding hydrogens is 406 g/mol. The summed E-state index contributed by atoms with van der Waals surface area (Å²) in [6, 6.07) is 11.4. The Morgan fingerprint density at radius 3 is 2.75 bits per heavy atom. The van der Waals surface area contributed by atoms with E-state index in [1.54, 1.807) is 17.9 Å². The van der Waals surface area contributed by atoms with Crippen LogP contribution in [0.3, 0.4) is 0 Å². The minimum Gasteiger partial charge on any atom is -0.339 e. The smallest absolute Gasteiger partial charge is 0.272 e. The lowest BCUT2D eigenvalue weighted by Gasteiger charge is -2.27. The maximum atomic E-state index is 13.0. The van der Waals surface area contributed by atoms with Crippen LogP contribution in [0.15, 0.2) is 40.9 Å². The van der Waals surface area contributed by atoms with Crippen LogP contribution >= 0.6 is 0 Å². The van der Waals surface area contributed by atoms with E-state index in [4.69, 9.17) is 4.52 Å². The van der Waals surface area contributed by atoms with E-state index in [1.165, 1.54) is 6.42 Å². The van der Waals surface area contributed by atoms with E-state index in [1.807, 2.05) is 35.2 Å². The lowest BCUT2D eigenvalue weighted by atomic mass is 9.85. The summed E-state index contributed by atoms with van der Waals surface area (Å²) in [6.07, 6.45) is 4.73. The molecule has 5 rings (SSSR count). The van der Waals surface area contributed by atoms with Crippen molar-refractivity contribution in [1.29, 1.82) is 0 Å². The van der Waals surface area contributed by atoms with Gasteiger partial charge in [0.1, 0.15) is 5.69 Å². The van der Waals surface area contributed by atoms with E-state index in [0.717, 1.165) is 36.1 Å². The Labute approximate surface area is 186 Å². The number of pyridine rings is 1. The fraction of sp³-hybridized carbons (Fsp3) is 0.458. The average Bonchev–Trinajstić information content (AvgIpc) is 3.42. The highest BCUT2D eigenvalue weighted by atomic mass is 16.5. The minimum atomic E-state index is -0.0925. The summed E-state index contributed by atoms with van der Waals surface area (Å²) in [4.78, 5) is 38.1. The molecule has 8 heteroatoms. The van der Waals surface area contributed by atoms with Crippen molar-refractivity contribution in [2.75, 3.05) is 19.6 Å². The lowest BCUT2D eigenvalue weighted by molar-refractivity contribution is -0.130. The van der Waals surface area contributed by atoms with Gasteiger partial charge in [0.05, 0.1) is 11.6 Å². The first-order valence-corrected chi connectivity index (χ1v) is 11.3. The zero-order valence-electron chi connectivity index (χ0n) is 18.2. The van der Waals surface area contributed by atoms with Crippen LogP contribution in [0.4, 0.5) is 0 Å². The van der Waals surface area contributed by atoms with Gasteiger partial charge < -0.3 is 14.3 Å². The second-order valence-corrected chi connectivity index (χ2v) is 8.72. The molecule has 0 radical (unpaired) electrons. The maximum Gasteiger partial charge on any atom is 0.272 e. The Morgan fingerprint density at radius 2 is 1.97 bits per heavy atom. The van der Waals surface area contributed by atoms with Crippen molar-refractivity contribution in [1.82, 2.24) is 24.9 Å². The number of benzene rings is 1. The van der Waals surface area contributed by atoms with Crippen LogP contribution in [0.25, 0.3) is 10.9 Å². The van der Waals surface area contributed by atoms with Crippen LogP contribution in [0.2, 0.25) is 0 Å². The third-order valence-corrected chi connectivity index (χ3v) is 6.63. The van der Waals surface area contributed by atoms with E-state index in [9.17, 15) is 9.59 Å². The quantitative estimate of drug-likeness (QED) is 0.593. The molecule has 0 bridgehead atoms. The maximum absolute atomic E-state index is 13.0. The number of rotatable bonds is 6. The summed E-state index contributed by atoms with van der Waals surface area (Å²) in [6.45, 7) is 3.20. The Kier molecular flexibility index (Phi) is 5.59. The number of carbonyl (C=O) groups is 2. The van der Waals surface area contributed by atoms with Gasteiger partial charge in [-0.15, -0.1) is 0 Å². The molecule has 2 amide bonds. The SMILES string of the molecule is CC(=O)N(CCc1noc(C2CCC2)n1)C1CCN(C(=O)c2ccc3ccccc3n2)C1. The van der Waals surface area contributed by atoms with Gasteiger partial charge in [0.2, 0.25) is 11.8 Å². The zero-order chi connectivity index (χ0) is 22.1. The first-order valence-electron chi connectivity index (χ1n) is 11.3. The molecule has 1 saturated carbocycles. The third-order valence-electron chi connectivity index (χ3n) is 6.63. The molecule has 32 heavy (non-hydrogen) atoms. The number of carbonyl (C=O) groups excluding carboxylic acids is 2. The number of para-hydroxylation sites is 1. The molecule has 1 aromatic carbocycles. The summed E-state index contributed by atoms with van der Waals surface area (Å²) in [5, 5.41) is 5.10. The molecular formula is C24H27N5O3. The monoisotopic (exact) mass is 433 g/mol. The van der Waals surface area contributed by atoms with Crippen molar-refractivity contribution in [2.24, 2.45) is 0 Å². The van der Waals surface area contributed by atoms with E-state index in [-0.39, 0.29) is 17.9 Å². The molecule has 1 atom stereocenters. The normalized spacial score (nSPS) is 18.7. The van der Waals surface area contributed by atoms with Crippen molar-refractivity contribution in [2.45, 2.75) is 51.0 Å². The number of fused-ring (bicyclic) bond motifs is 1. The highest BCUT2D eigenvalue weighted by molar-refractivity contribution is 5.95. The fourth-order valence-electron chi connectivity index (χ4n) is 4.54. The van der Waals surface area contributed by atoms with Crippen LogP contribution in [-0.2, 0) is 11.2 Å². The minimum absolute atomic E-state index is 0.00385. The molecule has 3 heterocycles. The average molecular weight is 434 g/mol. The summed E-state index contributed by atoms with van der Waals surface area (Å²) < 4.78 is 5.39. The Bertz CT molecular complexity index is 1140. The van der Waals surface area contributed by atoms with Gasteiger partial charge in [-0.1, -0.05) is 35.8 Å². The van der Waals surface area contributed by atoms with Crippen molar-refractivity contribution in [3.63, 3.8) is 0 Å². The molecule has 1 saturated heterocycles. The molecule has 0 spiro atoms. The number of hydrogen-bond donors (Lipinski definition) is 0. The summed E-state index contributed by atoms with van der Waals surface area (Å²) >= 11 is 0. The molecule has 166 valence electrons. The molecule has 1 unspecified atom stereocenters. The van der Waals surface area contributed by atoms with Gasteiger partial charge in [0.15, 0.2) is 5.82 Å². The zero-order valence-corrected chi connectivity index (χ0v) is 18.2. The predicted molar refractivity (Wildman–Crippen MR) is 118 cm³/mol. The molecule has 8 nitrogen and oxygen atoms in total. The van der Waals surface area contributed by atoms with Gasteiger partial charge in [0.25, 0.3) is 5.91 Å². The first kappa shape index (κ1) is 20.6. The number of hydrogen-bond acceptors (Lipinski definition) is 6. The molecule has 0 N–H and O–H groups in total. The fourth-order valence-corrected chi connectivity index (χ4v) is 4.54. The lowest BCUT2D eigenvalue weighted by Crippen LogP contribution is -2.42. The standard InChI is InChI=1S/C24H27N5O3/c1-16(30)29(14-12-22-26-23(32-27-22)18-6-4-7-18)19-11-13-28(15-19)24(31)21-10-9-17-5-2-3-8-20(17)25-21/h2-3,5,8-10,18-19H,4,6-7,11-15H2,1H3. The molecule has 1 aliphatic heterocycles. The van der Waals surface area contributed by atoms with Crippen LogP contribution in [0, 0.1) is 0 Å². The van der Waals surface area contributed by atoms with Gasteiger partial charge in [-0.3, -0.25) is 9.59 Å². The first-order chi connectivity index (χ1) is 15.6. The largest absolute Gasteiger partial charge is 0.339 e. The van der Waals surface area contributed by atoms with Crippen molar-refractivity contribution in [3.8, 4) is 0 Å². The van der Waals surface area contributed by atoms with Crippen LogP contribution in [0.5, 0.6) is 0 Å². The third kappa shape index (κ3) is 4.09. The highest BCUT2D eigenvalue weighted by Gasteiger charge is 2.33. The Morgan fingerprint density at radius 1 is 1.12 bits per heavy atom. The van der Waals surface area contributed by atoms with Gasteiger partial charge in [-0.05, 0) is 31.4 Å².